The smallest absolute Gasteiger partial charge is 0.206 e. The Hall–Kier alpha value is -2.38. The van der Waals surface area contributed by atoms with Crippen LogP contribution in [0.3, 0.4) is 0 Å². The molecule has 0 atom stereocenters. The van der Waals surface area contributed by atoms with Crippen molar-refractivity contribution in [1.29, 1.82) is 0 Å². The third-order valence-electron chi connectivity index (χ3n) is 3.47. The standard InChI is InChI=1S/C17H14N4OS2/c1-4-12-6-2-8-18-15(12)13(5-1)11-23-17-21-20-16(24-17)19-10-14-7-3-9-22-14/h1-9H,10-11H2,(H,19,20). The first kappa shape index (κ1) is 15.2. The highest BCUT2D eigenvalue weighted by atomic mass is 32.2. The zero-order valence-corrected chi connectivity index (χ0v) is 14.3. The van der Waals surface area contributed by atoms with E-state index in [-0.39, 0.29) is 0 Å². The number of fused-ring (bicyclic) bond motifs is 1. The first-order valence-corrected chi connectivity index (χ1v) is 9.24. The molecule has 0 unspecified atom stereocenters. The summed E-state index contributed by atoms with van der Waals surface area (Å²) in [6.07, 6.45) is 3.49. The summed E-state index contributed by atoms with van der Waals surface area (Å²) < 4.78 is 6.23. The van der Waals surface area contributed by atoms with E-state index >= 15 is 0 Å². The number of benzene rings is 1. The summed E-state index contributed by atoms with van der Waals surface area (Å²) in [6.45, 7) is 0.611. The molecular weight excluding hydrogens is 340 g/mol. The number of hydrogen-bond acceptors (Lipinski definition) is 7. The van der Waals surface area contributed by atoms with E-state index in [0.717, 1.165) is 31.9 Å². The van der Waals surface area contributed by atoms with Gasteiger partial charge in [-0.15, -0.1) is 10.2 Å². The molecule has 5 nitrogen and oxygen atoms in total. The number of aromatic nitrogens is 3. The summed E-state index contributed by atoms with van der Waals surface area (Å²) in [7, 11) is 0. The topological polar surface area (TPSA) is 63.8 Å². The molecule has 1 aromatic carbocycles. The van der Waals surface area contributed by atoms with Crippen LogP contribution < -0.4 is 5.32 Å². The second-order valence-corrected chi connectivity index (χ2v) is 7.29. The van der Waals surface area contributed by atoms with Crippen LogP contribution in [-0.2, 0) is 12.3 Å². The van der Waals surface area contributed by atoms with E-state index in [1.165, 1.54) is 5.56 Å². The molecule has 0 aliphatic rings. The van der Waals surface area contributed by atoms with Crippen LogP contribution in [0.5, 0.6) is 0 Å². The lowest BCUT2D eigenvalue weighted by atomic mass is 10.1. The monoisotopic (exact) mass is 354 g/mol. The molecule has 4 rings (SSSR count). The summed E-state index contributed by atoms with van der Waals surface area (Å²) in [5.74, 6) is 1.70. The number of para-hydroxylation sites is 1. The average molecular weight is 354 g/mol. The summed E-state index contributed by atoms with van der Waals surface area (Å²) in [4.78, 5) is 4.49. The minimum atomic E-state index is 0.611. The lowest BCUT2D eigenvalue weighted by Gasteiger charge is -2.03. The Morgan fingerprint density at radius 3 is 2.96 bits per heavy atom. The quantitative estimate of drug-likeness (QED) is 0.511. The fourth-order valence-electron chi connectivity index (χ4n) is 2.34. The zero-order chi connectivity index (χ0) is 16.2. The van der Waals surface area contributed by atoms with Crippen LogP contribution in [0.15, 0.2) is 63.7 Å². The Morgan fingerprint density at radius 1 is 1.08 bits per heavy atom. The van der Waals surface area contributed by atoms with Crippen LogP contribution in [0.1, 0.15) is 11.3 Å². The van der Waals surface area contributed by atoms with Crippen molar-refractivity contribution in [2.45, 2.75) is 16.6 Å². The Morgan fingerprint density at radius 2 is 2.04 bits per heavy atom. The van der Waals surface area contributed by atoms with Gasteiger partial charge >= 0.3 is 0 Å². The van der Waals surface area contributed by atoms with Crippen molar-refractivity contribution >= 4 is 39.1 Å². The highest BCUT2D eigenvalue weighted by Crippen LogP contribution is 2.30. The van der Waals surface area contributed by atoms with E-state index in [1.54, 1.807) is 29.4 Å². The molecule has 4 aromatic rings. The van der Waals surface area contributed by atoms with Gasteiger partial charge in [0.25, 0.3) is 0 Å². The molecule has 0 radical (unpaired) electrons. The molecule has 1 N–H and O–H groups in total. The van der Waals surface area contributed by atoms with Crippen LogP contribution >= 0.6 is 23.1 Å². The number of nitrogens with one attached hydrogen (secondary N) is 1. The van der Waals surface area contributed by atoms with Gasteiger partial charge in [0.2, 0.25) is 5.13 Å². The minimum absolute atomic E-state index is 0.611. The molecule has 0 saturated heterocycles. The van der Waals surface area contributed by atoms with Gasteiger partial charge in [-0.3, -0.25) is 4.98 Å². The molecule has 0 saturated carbocycles. The third-order valence-corrected chi connectivity index (χ3v) is 5.53. The molecule has 0 aliphatic carbocycles. The van der Waals surface area contributed by atoms with Gasteiger partial charge in [-0.05, 0) is 23.8 Å². The molecule has 0 bridgehead atoms. The Kier molecular flexibility index (Phi) is 4.44. The lowest BCUT2D eigenvalue weighted by molar-refractivity contribution is 0.518. The van der Waals surface area contributed by atoms with Gasteiger partial charge in [-0.2, -0.15) is 0 Å². The highest BCUT2D eigenvalue weighted by molar-refractivity contribution is 8.00. The predicted molar refractivity (Wildman–Crippen MR) is 97.2 cm³/mol. The summed E-state index contributed by atoms with van der Waals surface area (Å²) in [5, 5.41) is 13.6. The number of furan rings is 1. The fraction of sp³-hybridized carbons (Fsp3) is 0.118. The number of pyridine rings is 1. The zero-order valence-electron chi connectivity index (χ0n) is 12.7. The maximum atomic E-state index is 5.29. The molecule has 120 valence electrons. The molecule has 0 aliphatic heterocycles. The van der Waals surface area contributed by atoms with Crippen LogP contribution in [-0.4, -0.2) is 15.2 Å². The second-order valence-electron chi connectivity index (χ2n) is 5.09. The summed E-state index contributed by atoms with van der Waals surface area (Å²) >= 11 is 3.22. The highest BCUT2D eigenvalue weighted by Gasteiger charge is 2.08. The Labute approximate surface area is 147 Å². The maximum absolute atomic E-state index is 5.29. The molecule has 0 spiro atoms. The minimum Gasteiger partial charge on any atom is -0.467 e. The lowest BCUT2D eigenvalue weighted by Crippen LogP contribution is -1.96. The van der Waals surface area contributed by atoms with Gasteiger partial charge in [0, 0.05) is 17.3 Å². The molecule has 3 aromatic heterocycles. The van der Waals surface area contributed by atoms with E-state index in [0.29, 0.717) is 6.54 Å². The van der Waals surface area contributed by atoms with Crippen molar-refractivity contribution in [3.05, 3.63) is 66.2 Å². The van der Waals surface area contributed by atoms with Crippen molar-refractivity contribution in [2.75, 3.05) is 5.32 Å². The Bertz CT molecular complexity index is 931. The molecule has 0 fully saturated rings. The number of nitrogens with zero attached hydrogens (tertiary/aromatic N) is 3. The van der Waals surface area contributed by atoms with Crippen LogP contribution in [0.25, 0.3) is 10.9 Å². The normalized spacial score (nSPS) is 11.0. The van der Waals surface area contributed by atoms with Crippen LogP contribution in [0, 0.1) is 0 Å². The summed E-state index contributed by atoms with van der Waals surface area (Å²) in [5.41, 5.74) is 2.26. The first-order valence-electron chi connectivity index (χ1n) is 7.44. The maximum Gasteiger partial charge on any atom is 0.206 e. The van der Waals surface area contributed by atoms with Crippen molar-refractivity contribution in [3.63, 3.8) is 0 Å². The average Bonchev–Trinajstić information content (AvgIpc) is 3.30. The second kappa shape index (κ2) is 7.02. The van der Waals surface area contributed by atoms with Crippen LogP contribution in [0.4, 0.5) is 5.13 Å². The SMILES string of the molecule is c1coc(CNc2nnc(SCc3cccc4cccnc34)s2)c1. The van der Waals surface area contributed by atoms with Crippen molar-refractivity contribution in [3.8, 4) is 0 Å². The van der Waals surface area contributed by atoms with Crippen molar-refractivity contribution in [1.82, 2.24) is 15.2 Å². The number of thioether (sulfide) groups is 1. The number of hydrogen-bond donors (Lipinski definition) is 1. The first-order chi connectivity index (χ1) is 11.9. The van der Waals surface area contributed by atoms with Gasteiger partial charge in [0.05, 0.1) is 18.3 Å². The molecule has 3 heterocycles. The number of rotatable bonds is 6. The third kappa shape index (κ3) is 3.42. The van der Waals surface area contributed by atoms with Crippen LogP contribution in [0.2, 0.25) is 0 Å². The van der Waals surface area contributed by atoms with Gasteiger partial charge in [0.15, 0.2) is 4.34 Å². The van der Waals surface area contributed by atoms with Gasteiger partial charge in [-0.1, -0.05) is 47.4 Å². The largest absolute Gasteiger partial charge is 0.467 e. The predicted octanol–water partition coefficient (Wildman–Crippen LogP) is 4.58. The molecular formula is C17H14N4OS2. The van der Waals surface area contributed by atoms with E-state index in [9.17, 15) is 0 Å². The Balaban J connectivity index is 1.40. The van der Waals surface area contributed by atoms with E-state index in [1.807, 2.05) is 24.4 Å². The summed E-state index contributed by atoms with van der Waals surface area (Å²) in [6, 6.07) is 14.1. The molecule has 24 heavy (non-hydrogen) atoms. The van der Waals surface area contributed by atoms with Crippen molar-refractivity contribution in [2.24, 2.45) is 0 Å². The van der Waals surface area contributed by atoms with Crippen molar-refractivity contribution < 1.29 is 4.42 Å². The molecule has 0 amide bonds. The number of anilines is 1. The molecule has 7 heteroatoms. The fourth-order valence-corrected chi connectivity index (χ4v) is 4.07. The van der Waals surface area contributed by atoms with Gasteiger partial charge in [0.1, 0.15) is 5.76 Å². The van der Waals surface area contributed by atoms with Gasteiger partial charge < -0.3 is 9.73 Å². The van der Waals surface area contributed by atoms with Gasteiger partial charge in [-0.25, -0.2) is 0 Å². The van der Waals surface area contributed by atoms with E-state index in [4.69, 9.17) is 4.42 Å². The van der Waals surface area contributed by atoms with E-state index < -0.39 is 0 Å². The van der Waals surface area contributed by atoms with E-state index in [2.05, 4.69) is 44.8 Å².